The van der Waals surface area contributed by atoms with Crippen molar-refractivity contribution >= 4 is 11.7 Å². The molecule has 2 N–H and O–H groups in total. The average Bonchev–Trinajstić information content (AvgIpc) is 2.63. The summed E-state index contributed by atoms with van der Waals surface area (Å²) in [6.45, 7) is 2.83. The molecule has 0 aromatic carbocycles. The Kier molecular flexibility index (Phi) is 6.00. The molecule has 3 rings (SSSR count). The highest BCUT2D eigenvalue weighted by atomic mass is 19.4. The van der Waals surface area contributed by atoms with Crippen LogP contribution in [-0.2, 0) is 21.6 Å². The maximum Gasteiger partial charge on any atom is 0.417 e. The van der Waals surface area contributed by atoms with Crippen molar-refractivity contribution in [1.29, 1.82) is 0 Å². The van der Waals surface area contributed by atoms with Crippen LogP contribution in [0.5, 0.6) is 0 Å². The average molecular weight is 422 g/mol. The summed E-state index contributed by atoms with van der Waals surface area (Å²) in [4.78, 5) is 19.1. The number of hydrogen-bond donors (Lipinski definition) is 1. The van der Waals surface area contributed by atoms with Crippen molar-refractivity contribution in [3.05, 3.63) is 23.4 Å². The second-order valence-corrected chi connectivity index (χ2v) is 7.49. The molecule has 3 heterocycles. The molecule has 0 spiro atoms. The summed E-state index contributed by atoms with van der Waals surface area (Å²) in [5.74, 6) is -3.83. The summed E-state index contributed by atoms with van der Waals surface area (Å²) in [6, 6.07) is -0.390. The monoisotopic (exact) mass is 422 g/mol. The van der Waals surface area contributed by atoms with E-state index in [4.69, 9.17) is 10.5 Å². The molecule has 0 aliphatic carbocycles. The van der Waals surface area contributed by atoms with Gasteiger partial charge in [0.1, 0.15) is 5.82 Å². The highest BCUT2D eigenvalue weighted by molar-refractivity contribution is 5.76. The van der Waals surface area contributed by atoms with E-state index >= 15 is 0 Å². The molecule has 11 heteroatoms. The normalized spacial score (nSPS) is 22.1. The van der Waals surface area contributed by atoms with Gasteiger partial charge < -0.3 is 20.3 Å². The molecule has 0 radical (unpaired) electrons. The van der Waals surface area contributed by atoms with Crippen LogP contribution in [0.1, 0.15) is 30.9 Å². The molecule has 162 valence electrons. The maximum absolute atomic E-state index is 14.6. The predicted molar refractivity (Wildman–Crippen MR) is 94.5 cm³/mol. The molecular formula is C18H23F5N4O2. The van der Waals surface area contributed by atoms with E-state index in [1.165, 1.54) is 4.90 Å². The highest BCUT2D eigenvalue weighted by Gasteiger charge is 2.48. The third kappa shape index (κ3) is 4.77. The molecule has 1 aromatic rings. The van der Waals surface area contributed by atoms with Gasteiger partial charge in [-0.25, -0.2) is 13.8 Å². The van der Waals surface area contributed by atoms with Crippen LogP contribution in [0.4, 0.5) is 27.8 Å². The topological polar surface area (TPSA) is 71.7 Å². The first-order chi connectivity index (χ1) is 13.5. The summed E-state index contributed by atoms with van der Waals surface area (Å²) in [7, 11) is 0. The number of amides is 1. The summed E-state index contributed by atoms with van der Waals surface area (Å²) < 4.78 is 73.2. The zero-order valence-corrected chi connectivity index (χ0v) is 15.9. The van der Waals surface area contributed by atoms with Gasteiger partial charge in [0.15, 0.2) is 0 Å². The Morgan fingerprint density at radius 3 is 2.79 bits per heavy atom. The van der Waals surface area contributed by atoms with Crippen LogP contribution in [-0.4, -0.2) is 60.7 Å². The molecule has 1 aromatic heterocycles. The Bertz CT molecular complexity index is 756. The van der Waals surface area contributed by atoms with Crippen molar-refractivity contribution < 1.29 is 31.5 Å². The lowest BCUT2D eigenvalue weighted by Crippen LogP contribution is -2.58. The van der Waals surface area contributed by atoms with E-state index in [1.54, 1.807) is 11.8 Å². The van der Waals surface area contributed by atoms with Crippen molar-refractivity contribution in [2.24, 2.45) is 5.73 Å². The molecule has 6 nitrogen and oxygen atoms in total. The van der Waals surface area contributed by atoms with E-state index in [0.717, 1.165) is 0 Å². The summed E-state index contributed by atoms with van der Waals surface area (Å²) in [6.07, 6.45) is -4.73. The SMILES string of the molecule is CC(N)COCCC(=O)N1CCN2c3ncc(C(F)(F)F)cc3C(F)(F)CC2C1. The van der Waals surface area contributed by atoms with Gasteiger partial charge in [0.2, 0.25) is 5.91 Å². The summed E-state index contributed by atoms with van der Waals surface area (Å²) in [5, 5.41) is 0. The number of pyridine rings is 1. The Morgan fingerprint density at radius 2 is 2.14 bits per heavy atom. The van der Waals surface area contributed by atoms with E-state index in [2.05, 4.69) is 4.98 Å². The smallest absolute Gasteiger partial charge is 0.379 e. The third-order valence-electron chi connectivity index (χ3n) is 5.03. The fraction of sp³-hybridized carbons (Fsp3) is 0.667. The second-order valence-electron chi connectivity index (χ2n) is 7.49. The highest BCUT2D eigenvalue weighted by Crippen LogP contribution is 2.46. The molecule has 2 aliphatic heterocycles. The largest absolute Gasteiger partial charge is 0.417 e. The zero-order chi connectivity index (χ0) is 21.4. The molecule has 1 saturated heterocycles. The number of hydrogen-bond acceptors (Lipinski definition) is 5. The molecule has 2 unspecified atom stereocenters. The molecule has 2 atom stereocenters. The number of anilines is 1. The molecule has 1 amide bonds. The maximum atomic E-state index is 14.6. The van der Waals surface area contributed by atoms with Gasteiger partial charge >= 0.3 is 6.18 Å². The third-order valence-corrected chi connectivity index (χ3v) is 5.03. The van der Waals surface area contributed by atoms with Gasteiger partial charge in [0.25, 0.3) is 5.92 Å². The summed E-state index contributed by atoms with van der Waals surface area (Å²) >= 11 is 0. The first-order valence-electron chi connectivity index (χ1n) is 9.32. The van der Waals surface area contributed by atoms with Crippen LogP contribution >= 0.6 is 0 Å². The quantitative estimate of drug-likeness (QED) is 0.583. The lowest BCUT2D eigenvalue weighted by molar-refractivity contribution is -0.138. The van der Waals surface area contributed by atoms with Gasteiger partial charge in [-0.1, -0.05) is 0 Å². The molecule has 0 saturated carbocycles. The number of nitrogens with two attached hydrogens (primary N) is 1. The van der Waals surface area contributed by atoms with Crippen molar-refractivity contribution in [1.82, 2.24) is 9.88 Å². The van der Waals surface area contributed by atoms with E-state index in [1.807, 2.05) is 0 Å². The van der Waals surface area contributed by atoms with Crippen LogP contribution in [0.2, 0.25) is 0 Å². The van der Waals surface area contributed by atoms with Gasteiger partial charge in [0.05, 0.1) is 36.8 Å². The number of piperazine rings is 1. The number of carbonyl (C=O) groups is 1. The fourth-order valence-electron chi connectivity index (χ4n) is 3.64. The zero-order valence-electron chi connectivity index (χ0n) is 15.9. The molecular weight excluding hydrogens is 399 g/mol. The first kappa shape index (κ1) is 21.7. The number of carbonyl (C=O) groups excluding carboxylic acids is 1. The van der Waals surface area contributed by atoms with Crippen LogP contribution in [0, 0.1) is 0 Å². The lowest BCUT2D eigenvalue weighted by Gasteiger charge is -2.47. The minimum atomic E-state index is -4.75. The Labute approximate surface area is 164 Å². The summed E-state index contributed by atoms with van der Waals surface area (Å²) in [5.41, 5.74) is 3.64. The molecule has 29 heavy (non-hydrogen) atoms. The fourth-order valence-corrected chi connectivity index (χ4v) is 3.64. The number of fused-ring (bicyclic) bond motifs is 3. The number of aromatic nitrogens is 1. The van der Waals surface area contributed by atoms with E-state index in [0.29, 0.717) is 18.9 Å². The van der Waals surface area contributed by atoms with Crippen molar-refractivity contribution in [3.8, 4) is 0 Å². The van der Waals surface area contributed by atoms with E-state index < -0.39 is 35.7 Å². The number of rotatable bonds is 5. The van der Waals surface area contributed by atoms with Crippen LogP contribution in [0.25, 0.3) is 0 Å². The van der Waals surface area contributed by atoms with Crippen LogP contribution in [0.3, 0.4) is 0 Å². The predicted octanol–water partition coefficient (Wildman–Crippen LogP) is 2.37. The Hall–Kier alpha value is -2.01. The van der Waals surface area contributed by atoms with Gasteiger partial charge in [-0.3, -0.25) is 4.79 Å². The molecule has 2 aliphatic rings. The Morgan fingerprint density at radius 1 is 1.41 bits per heavy atom. The Balaban J connectivity index is 1.70. The standard InChI is InChI=1S/C18H23F5N4O2/c1-11(24)10-29-5-2-15(28)26-3-4-27-13(9-26)7-17(19,20)14-6-12(18(21,22)23)8-25-16(14)27/h6,8,11,13H,2-5,7,9-10,24H2,1H3. The minimum Gasteiger partial charge on any atom is -0.379 e. The molecule has 1 fully saturated rings. The second kappa shape index (κ2) is 8.02. The minimum absolute atomic E-state index is 0.0594. The van der Waals surface area contributed by atoms with Gasteiger partial charge in [-0.2, -0.15) is 13.2 Å². The van der Waals surface area contributed by atoms with E-state index in [-0.39, 0.29) is 50.4 Å². The number of nitrogens with zero attached hydrogens (tertiary/aromatic N) is 3. The van der Waals surface area contributed by atoms with Crippen molar-refractivity contribution in [2.45, 2.75) is 43.9 Å². The van der Waals surface area contributed by atoms with Crippen molar-refractivity contribution in [3.63, 3.8) is 0 Å². The number of ether oxygens (including phenoxy) is 1. The lowest BCUT2D eigenvalue weighted by atomic mass is 9.92. The first-order valence-corrected chi connectivity index (χ1v) is 9.32. The molecule has 0 bridgehead atoms. The van der Waals surface area contributed by atoms with E-state index in [9.17, 15) is 26.7 Å². The number of halogens is 5. The van der Waals surface area contributed by atoms with Crippen LogP contribution in [0.15, 0.2) is 12.3 Å². The van der Waals surface area contributed by atoms with Crippen LogP contribution < -0.4 is 10.6 Å². The van der Waals surface area contributed by atoms with Gasteiger partial charge in [-0.05, 0) is 13.0 Å². The van der Waals surface area contributed by atoms with Gasteiger partial charge in [0, 0.05) is 38.3 Å². The van der Waals surface area contributed by atoms with Gasteiger partial charge in [-0.15, -0.1) is 0 Å². The number of alkyl halides is 5. The van der Waals surface area contributed by atoms with Crippen molar-refractivity contribution in [2.75, 3.05) is 37.7 Å².